The molecule has 0 bridgehead atoms. The van der Waals surface area contributed by atoms with E-state index in [0.717, 1.165) is 26.9 Å². The fourth-order valence-corrected chi connectivity index (χ4v) is 4.47. The van der Waals surface area contributed by atoms with E-state index in [1.54, 1.807) is 28.6 Å². The molecule has 1 fully saturated rings. The number of ether oxygens (including phenoxy) is 1. The summed E-state index contributed by atoms with van der Waals surface area (Å²) in [7, 11) is 0. The number of aromatic nitrogens is 2. The largest absolute Gasteiger partial charge is 0.399 e. The summed E-state index contributed by atoms with van der Waals surface area (Å²) in [6, 6.07) is 21.6. The van der Waals surface area contributed by atoms with Gasteiger partial charge in [0.15, 0.2) is 6.23 Å². The van der Waals surface area contributed by atoms with Crippen LogP contribution in [-0.4, -0.2) is 33.2 Å². The Hall–Kier alpha value is -3.49. The summed E-state index contributed by atoms with van der Waals surface area (Å²) in [5.74, 6) is -0.402. The molecule has 1 aromatic heterocycles. The van der Waals surface area contributed by atoms with E-state index in [-0.39, 0.29) is 11.7 Å². The van der Waals surface area contributed by atoms with Crippen molar-refractivity contribution in [1.82, 2.24) is 14.7 Å². The highest BCUT2D eigenvalue weighted by Gasteiger charge is 2.40. The quantitative estimate of drug-likeness (QED) is 0.331. The van der Waals surface area contributed by atoms with Gasteiger partial charge in [0.25, 0.3) is 5.91 Å². The molecule has 2 atom stereocenters. The summed E-state index contributed by atoms with van der Waals surface area (Å²) in [4.78, 5) is 14.8. The monoisotopic (exact) mass is 534 g/mol. The number of anilines is 1. The van der Waals surface area contributed by atoms with E-state index in [1.807, 2.05) is 54.7 Å². The van der Waals surface area contributed by atoms with E-state index in [9.17, 15) is 9.18 Å². The van der Waals surface area contributed by atoms with Crippen molar-refractivity contribution in [2.45, 2.75) is 25.7 Å². The summed E-state index contributed by atoms with van der Waals surface area (Å²) >= 11 is 3.46. The van der Waals surface area contributed by atoms with Crippen molar-refractivity contribution in [2.24, 2.45) is 0 Å². The number of nitrogens with zero attached hydrogens (tertiary/aromatic N) is 3. The number of hydrogen-bond acceptors (Lipinski definition) is 4. The predicted octanol–water partition coefficient (Wildman–Crippen LogP) is 5.51. The van der Waals surface area contributed by atoms with Crippen LogP contribution in [0.15, 0.2) is 83.5 Å². The first kappa shape index (κ1) is 23.3. The molecule has 2 heterocycles. The van der Waals surface area contributed by atoms with Gasteiger partial charge in [0.05, 0.1) is 5.69 Å². The third-order valence-electron chi connectivity index (χ3n) is 6.09. The summed E-state index contributed by atoms with van der Waals surface area (Å²) < 4.78 is 22.5. The number of rotatable bonds is 6. The summed E-state index contributed by atoms with van der Waals surface area (Å²) in [5, 5.41) is 4.81. The minimum Gasteiger partial charge on any atom is -0.399 e. The molecule has 5 rings (SSSR count). The molecule has 1 aliphatic rings. The average Bonchev–Trinajstić information content (AvgIpc) is 3.41. The van der Waals surface area contributed by atoms with Gasteiger partial charge in [-0.25, -0.2) is 9.07 Å². The summed E-state index contributed by atoms with van der Waals surface area (Å²) in [5.41, 5.74) is 10.6. The zero-order chi connectivity index (χ0) is 24.5. The smallest absolute Gasteiger partial charge is 0.253 e. The second kappa shape index (κ2) is 9.64. The summed E-state index contributed by atoms with van der Waals surface area (Å²) in [6.45, 7) is 2.24. The van der Waals surface area contributed by atoms with E-state index in [1.165, 1.54) is 12.1 Å². The van der Waals surface area contributed by atoms with Crippen LogP contribution in [0, 0.1) is 5.82 Å². The number of hydrogen-bond donors (Lipinski definition) is 1. The Morgan fingerprint density at radius 3 is 2.40 bits per heavy atom. The molecular formula is C27H24BrFN4O2. The van der Waals surface area contributed by atoms with Crippen molar-refractivity contribution >= 4 is 27.5 Å². The zero-order valence-electron chi connectivity index (χ0n) is 19.1. The molecule has 0 saturated carbocycles. The molecule has 4 aromatic rings. The molecular weight excluding hydrogens is 511 g/mol. The number of carbonyl (C=O) groups is 1. The first-order chi connectivity index (χ1) is 16.9. The van der Waals surface area contributed by atoms with Gasteiger partial charge in [0.1, 0.15) is 17.6 Å². The van der Waals surface area contributed by atoms with Gasteiger partial charge in [-0.1, -0.05) is 28.1 Å². The van der Waals surface area contributed by atoms with E-state index in [4.69, 9.17) is 15.6 Å². The number of amides is 1. The minimum atomic E-state index is -0.615. The number of nitrogens with two attached hydrogens (primary N) is 1. The second-order valence-corrected chi connectivity index (χ2v) is 9.43. The molecule has 1 saturated heterocycles. The normalized spacial score (nSPS) is 17.8. The van der Waals surface area contributed by atoms with Crippen LogP contribution in [0.25, 0.3) is 16.9 Å². The van der Waals surface area contributed by atoms with Gasteiger partial charge in [-0.15, -0.1) is 0 Å². The number of nitrogen functional groups attached to an aromatic ring is 1. The maximum Gasteiger partial charge on any atom is 0.253 e. The maximum absolute atomic E-state index is 13.6. The van der Waals surface area contributed by atoms with E-state index >= 15 is 0 Å². The van der Waals surface area contributed by atoms with Crippen LogP contribution in [0.4, 0.5) is 10.1 Å². The molecule has 6 nitrogen and oxygen atoms in total. The zero-order valence-corrected chi connectivity index (χ0v) is 20.7. The van der Waals surface area contributed by atoms with Gasteiger partial charge in [0.2, 0.25) is 0 Å². The van der Waals surface area contributed by atoms with Crippen molar-refractivity contribution in [1.29, 1.82) is 0 Å². The average molecular weight is 535 g/mol. The molecule has 1 amide bonds. The summed E-state index contributed by atoms with van der Waals surface area (Å²) in [6.07, 6.45) is 1.35. The van der Waals surface area contributed by atoms with Crippen LogP contribution in [0.3, 0.4) is 0 Å². The third-order valence-corrected chi connectivity index (χ3v) is 6.61. The van der Waals surface area contributed by atoms with Gasteiger partial charge >= 0.3 is 0 Å². The first-order valence-electron chi connectivity index (χ1n) is 11.3. The number of benzene rings is 3. The van der Waals surface area contributed by atoms with E-state index in [0.29, 0.717) is 24.3 Å². The van der Waals surface area contributed by atoms with Crippen molar-refractivity contribution in [2.75, 3.05) is 12.3 Å². The third kappa shape index (κ3) is 4.85. The van der Waals surface area contributed by atoms with Crippen molar-refractivity contribution in [3.8, 4) is 16.9 Å². The highest BCUT2D eigenvalue weighted by Crippen LogP contribution is 2.37. The maximum atomic E-state index is 13.6. The lowest BCUT2D eigenvalue weighted by molar-refractivity contribution is -0.130. The van der Waals surface area contributed by atoms with Gasteiger partial charge in [-0.05, 0) is 79.6 Å². The van der Waals surface area contributed by atoms with Crippen LogP contribution in [0.5, 0.6) is 0 Å². The predicted molar refractivity (Wildman–Crippen MR) is 136 cm³/mol. The highest BCUT2D eigenvalue weighted by molar-refractivity contribution is 9.10. The van der Waals surface area contributed by atoms with Gasteiger partial charge < -0.3 is 15.4 Å². The Morgan fingerprint density at radius 2 is 1.71 bits per heavy atom. The molecule has 0 radical (unpaired) electrons. The molecule has 3 aromatic carbocycles. The lowest BCUT2D eigenvalue weighted by atomic mass is 10.1. The highest BCUT2D eigenvalue weighted by atomic mass is 79.9. The SMILES string of the molecule is C[C@H]1O[C@H](c2cn(-c3ccc(Br)cc3)nc2-c2ccc(F)cc2)N(CCc2ccc(N)cc2)C1=O. The Bertz CT molecular complexity index is 1340. The van der Waals surface area contributed by atoms with Crippen molar-refractivity contribution in [3.63, 3.8) is 0 Å². The van der Waals surface area contributed by atoms with Crippen molar-refractivity contribution < 1.29 is 13.9 Å². The van der Waals surface area contributed by atoms with Gasteiger partial charge in [-0.3, -0.25) is 4.79 Å². The van der Waals surface area contributed by atoms with E-state index in [2.05, 4.69) is 15.9 Å². The van der Waals surface area contributed by atoms with E-state index < -0.39 is 12.3 Å². The molecule has 0 aliphatic carbocycles. The Labute approximate surface area is 211 Å². The van der Waals surface area contributed by atoms with Crippen LogP contribution in [0.1, 0.15) is 24.3 Å². The number of halogens is 2. The van der Waals surface area contributed by atoms with Crippen molar-refractivity contribution in [3.05, 3.63) is 100 Å². The topological polar surface area (TPSA) is 73.4 Å². The molecule has 178 valence electrons. The molecule has 0 unspecified atom stereocenters. The first-order valence-corrected chi connectivity index (χ1v) is 12.1. The van der Waals surface area contributed by atoms with Crippen LogP contribution in [-0.2, 0) is 16.0 Å². The van der Waals surface area contributed by atoms with Gasteiger partial charge in [0, 0.05) is 34.0 Å². The lowest BCUT2D eigenvalue weighted by Gasteiger charge is -2.23. The van der Waals surface area contributed by atoms with Crippen LogP contribution in [0.2, 0.25) is 0 Å². The van der Waals surface area contributed by atoms with Crippen LogP contribution >= 0.6 is 15.9 Å². The molecule has 35 heavy (non-hydrogen) atoms. The van der Waals surface area contributed by atoms with Gasteiger partial charge in [-0.2, -0.15) is 5.10 Å². The fraction of sp³-hybridized carbons (Fsp3) is 0.185. The molecule has 1 aliphatic heterocycles. The molecule has 8 heteroatoms. The Kier molecular flexibility index (Phi) is 6.40. The Morgan fingerprint density at radius 1 is 1.03 bits per heavy atom. The second-order valence-electron chi connectivity index (χ2n) is 8.51. The lowest BCUT2D eigenvalue weighted by Crippen LogP contribution is -2.32. The number of carbonyl (C=O) groups excluding carboxylic acids is 1. The minimum absolute atomic E-state index is 0.0770. The molecule has 2 N–H and O–H groups in total. The standard InChI is InChI=1S/C27H24BrFN4O2/c1-17-26(34)32(15-14-18-2-10-22(30)11-3-18)27(35-17)24-16-33(23-12-6-20(28)7-13-23)31-25(24)19-4-8-21(29)9-5-19/h2-13,16-17,27H,14-15,30H2,1H3/t17-,27-/m1/s1. The Balaban J connectivity index is 1.53. The van der Waals surface area contributed by atoms with Crippen LogP contribution < -0.4 is 5.73 Å². The fourth-order valence-electron chi connectivity index (χ4n) is 4.20. The molecule has 0 spiro atoms.